The van der Waals surface area contributed by atoms with Gasteiger partial charge in [-0.05, 0) is 94.2 Å². The number of nitrogens with one attached hydrogen (secondary N) is 3. The van der Waals surface area contributed by atoms with Gasteiger partial charge in [0.1, 0.15) is 5.75 Å². The Morgan fingerprint density at radius 2 is 1.58 bits per heavy atom. The molecule has 31 heavy (non-hydrogen) atoms. The number of urea groups is 1. The van der Waals surface area contributed by atoms with E-state index >= 15 is 0 Å². The highest BCUT2D eigenvalue weighted by Gasteiger charge is 2.51. The second-order valence-electron chi connectivity index (χ2n) is 10.2. The van der Waals surface area contributed by atoms with Crippen molar-refractivity contribution >= 4 is 11.9 Å². The minimum atomic E-state index is -0.113. The third-order valence-electron chi connectivity index (χ3n) is 7.09. The van der Waals surface area contributed by atoms with Crippen LogP contribution in [0.15, 0.2) is 24.3 Å². The molecule has 0 radical (unpaired) electrons. The number of rotatable bonds is 9. The lowest BCUT2D eigenvalue weighted by atomic mass is 9.53. The van der Waals surface area contributed by atoms with Crippen LogP contribution < -0.4 is 20.7 Å². The van der Waals surface area contributed by atoms with Crippen LogP contribution in [0.1, 0.15) is 64.4 Å². The Balaban J connectivity index is 1.10. The van der Waals surface area contributed by atoms with Gasteiger partial charge in [0.05, 0.1) is 6.10 Å². The fraction of sp³-hybridized carbons (Fsp3) is 0.680. The van der Waals surface area contributed by atoms with Gasteiger partial charge in [-0.25, -0.2) is 4.79 Å². The van der Waals surface area contributed by atoms with E-state index < -0.39 is 0 Å². The monoisotopic (exact) mass is 427 g/mol. The molecule has 5 rings (SSSR count). The highest BCUT2D eigenvalue weighted by atomic mass is 16.5. The molecule has 0 saturated heterocycles. The summed E-state index contributed by atoms with van der Waals surface area (Å²) in [6.07, 6.45) is 8.72. The van der Waals surface area contributed by atoms with E-state index in [9.17, 15) is 9.59 Å². The molecular weight excluding hydrogens is 390 g/mol. The molecule has 0 spiro atoms. The average molecular weight is 428 g/mol. The summed E-state index contributed by atoms with van der Waals surface area (Å²) in [4.78, 5) is 24.5. The molecule has 0 aromatic heterocycles. The van der Waals surface area contributed by atoms with Crippen molar-refractivity contribution in [1.29, 1.82) is 0 Å². The maximum absolute atomic E-state index is 12.4. The van der Waals surface area contributed by atoms with Gasteiger partial charge in [-0.15, -0.1) is 0 Å². The number of ether oxygens (including phenoxy) is 1. The van der Waals surface area contributed by atoms with Crippen LogP contribution in [0.3, 0.4) is 0 Å². The smallest absolute Gasteiger partial charge is 0.315 e. The molecule has 0 heterocycles. The van der Waals surface area contributed by atoms with E-state index in [0.29, 0.717) is 19.5 Å². The van der Waals surface area contributed by atoms with E-state index in [1.807, 2.05) is 38.1 Å². The van der Waals surface area contributed by atoms with Crippen LogP contribution in [-0.2, 0) is 11.2 Å². The van der Waals surface area contributed by atoms with E-state index in [0.717, 1.165) is 54.7 Å². The van der Waals surface area contributed by atoms with Crippen LogP contribution in [0.25, 0.3) is 0 Å². The molecule has 6 heteroatoms. The predicted octanol–water partition coefficient (Wildman–Crippen LogP) is 3.79. The molecule has 3 N–H and O–H groups in total. The van der Waals surface area contributed by atoms with Crippen LogP contribution in [0.5, 0.6) is 5.75 Å². The number of hydrogen-bond acceptors (Lipinski definition) is 3. The predicted molar refractivity (Wildman–Crippen MR) is 121 cm³/mol. The molecule has 4 bridgehead atoms. The number of hydrogen-bond donors (Lipinski definition) is 3. The number of carbonyl (C=O) groups is 2. The van der Waals surface area contributed by atoms with Gasteiger partial charge in [0.25, 0.3) is 0 Å². The highest BCUT2D eigenvalue weighted by molar-refractivity contribution is 5.78. The van der Waals surface area contributed by atoms with Gasteiger partial charge >= 0.3 is 6.03 Å². The molecular formula is C25H37N3O3. The number of amides is 3. The maximum atomic E-state index is 12.4. The third kappa shape index (κ3) is 5.92. The van der Waals surface area contributed by atoms with Crippen molar-refractivity contribution in [2.24, 2.45) is 17.8 Å². The largest absolute Gasteiger partial charge is 0.491 e. The van der Waals surface area contributed by atoms with E-state index in [-0.39, 0.29) is 23.6 Å². The van der Waals surface area contributed by atoms with Crippen molar-refractivity contribution in [3.63, 3.8) is 0 Å². The number of carbonyl (C=O) groups excluding carboxylic acids is 2. The minimum absolute atomic E-state index is 0.0108. The molecule has 4 aliphatic carbocycles. The zero-order chi connectivity index (χ0) is 21.8. The summed E-state index contributed by atoms with van der Waals surface area (Å²) in [5.74, 6) is 3.24. The molecule has 0 atom stereocenters. The summed E-state index contributed by atoms with van der Waals surface area (Å²) in [5.41, 5.74) is 1.17. The standard InChI is InChI=1S/C25H37N3O3/c1-17(2)31-22-5-3-18(4-6-22)7-9-26-23(29)8-10-27-24(30)28-25-14-19-11-20(15-25)13-21(12-19)16-25/h3-6,17,19-21H,7-16H2,1-2H3,(H,26,29)(H2,27,28,30). The van der Waals surface area contributed by atoms with E-state index in [4.69, 9.17) is 4.74 Å². The van der Waals surface area contributed by atoms with Crippen molar-refractivity contribution in [1.82, 2.24) is 16.0 Å². The van der Waals surface area contributed by atoms with Gasteiger partial charge in [0, 0.05) is 25.0 Å². The topological polar surface area (TPSA) is 79.5 Å². The molecule has 6 nitrogen and oxygen atoms in total. The van der Waals surface area contributed by atoms with Gasteiger partial charge < -0.3 is 20.7 Å². The normalized spacial score (nSPS) is 28.4. The average Bonchev–Trinajstić information content (AvgIpc) is 2.67. The lowest BCUT2D eigenvalue weighted by molar-refractivity contribution is -0.120. The fourth-order valence-corrected chi connectivity index (χ4v) is 6.28. The highest BCUT2D eigenvalue weighted by Crippen LogP contribution is 2.55. The zero-order valence-electron chi connectivity index (χ0n) is 18.9. The summed E-state index contributed by atoms with van der Waals surface area (Å²) in [7, 11) is 0. The lowest BCUT2D eigenvalue weighted by Gasteiger charge is -2.56. The Kier molecular flexibility index (Phi) is 6.73. The molecule has 0 aliphatic heterocycles. The summed E-state index contributed by atoms with van der Waals surface area (Å²) in [6, 6.07) is 7.87. The maximum Gasteiger partial charge on any atom is 0.315 e. The third-order valence-corrected chi connectivity index (χ3v) is 7.09. The summed E-state index contributed by atoms with van der Waals surface area (Å²) in [5, 5.41) is 9.12. The molecule has 1 aromatic carbocycles. The van der Waals surface area contributed by atoms with E-state index in [1.54, 1.807) is 0 Å². The van der Waals surface area contributed by atoms with Crippen molar-refractivity contribution in [3.8, 4) is 5.75 Å². The Morgan fingerprint density at radius 3 is 2.16 bits per heavy atom. The molecule has 170 valence electrons. The van der Waals surface area contributed by atoms with Gasteiger partial charge in [-0.1, -0.05) is 12.1 Å². The van der Waals surface area contributed by atoms with Gasteiger partial charge in [0.15, 0.2) is 0 Å². The van der Waals surface area contributed by atoms with Gasteiger partial charge in [-0.2, -0.15) is 0 Å². The van der Waals surface area contributed by atoms with Crippen LogP contribution in [0.2, 0.25) is 0 Å². The summed E-state index contributed by atoms with van der Waals surface area (Å²) in [6.45, 7) is 4.96. The molecule has 4 fully saturated rings. The second kappa shape index (κ2) is 9.49. The van der Waals surface area contributed by atoms with E-state index in [1.165, 1.54) is 19.3 Å². The summed E-state index contributed by atoms with van der Waals surface area (Å²) >= 11 is 0. The van der Waals surface area contributed by atoms with Crippen LogP contribution in [0, 0.1) is 17.8 Å². The van der Waals surface area contributed by atoms with Crippen molar-refractivity contribution in [3.05, 3.63) is 29.8 Å². The zero-order valence-corrected chi connectivity index (χ0v) is 18.9. The summed E-state index contributed by atoms with van der Waals surface area (Å²) < 4.78 is 5.64. The Hall–Kier alpha value is -2.24. The Morgan fingerprint density at radius 1 is 0.968 bits per heavy atom. The molecule has 4 aliphatic rings. The van der Waals surface area contributed by atoms with Crippen LogP contribution >= 0.6 is 0 Å². The van der Waals surface area contributed by atoms with Gasteiger partial charge in [-0.3, -0.25) is 4.79 Å². The van der Waals surface area contributed by atoms with Crippen molar-refractivity contribution < 1.29 is 14.3 Å². The number of benzene rings is 1. The Bertz CT molecular complexity index is 739. The molecule has 0 unspecified atom stereocenters. The van der Waals surface area contributed by atoms with E-state index in [2.05, 4.69) is 16.0 Å². The van der Waals surface area contributed by atoms with Crippen molar-refractivity contribution in [2.45, 2.75) is 76.9 Å². The fourth-order valence-electron chi connectivity index (χ4n) is 6.28. The molecule has 1 aromatic rings. The SMILES string of the molecule is CC(C)Oc1ccc(CCNC(=O)CCNC(=O)NC23CC4CC(CC(C4)C2)C3)cc1. The van der Waals surface area contributed by atoms with Gasteiger partial charge in [0.2, 0.25) is 5.91 Å². The first kappa shape index (κ1) is 22.0. The van der Waals surface area contributed by atoms with Crippen LogP contribution in [-0.4, -0.2) is 36.7 Å². The molecule has 4 saturated carbocycles. The Labute approximate surface area is 185 Å². The van der Waals surface area contributed by atoms with Crippen LogP contribution in [0.4, 0.5) is 4.79 Å². The first-order valence-electron chi connectivity index (χ1n) is 12.0. The second-order valence-corrected chi connectivity index (χ2v) is 10.2. The quantitative estimate of drug-likeness (QED) is 0.561. The first-order valence-corrected chi connectivity index (χ1v) is 12.0. The van der Waals surface area contributed by atoms with Crippen molar-refractivity contribution in [2.75, 3.05) is 13.1 Å². The minimum Gasteiger partial charge on any atom is -0.491 e. The first-order chi connectivity index (χ1) is 14.9. The lowest BCUT2D eigenvalue weighted by Crippen LogP contribution is -2.61. The molecule has 3 amide bonds.